The van der Waals surface area contributed by atoms with Crippen molar-refractivity contribution in [3.05, 3.63) is 59.7 Å². The van der Waals surface area contributed by atoms with Gasteiger partial charge in [-0.3, -0.25) is 4.99 Å². The second-order valence-corrected chi connectivity index (χ2v) is 5.48. The van der Waals surface area contributed by atoms with Crippen molar-refractivity contribution in [1.82, 2.24) is 10.6 Å². The van der Waals surface area contributed by atoms with E-state index in [9.17, 15) is 8.78 Å². The zero-order valence-corrected chi connectivity index (χ0v) is 14.8. The average molecular weight is 363 g/mol. The zero-order chi connectivity index (χ0) is 18.8. The van der Waals surface area contributed by atoms with E-state index in [1.165, 1.54) is 0 Å². The second kappa shape index (κ2) is 10.2. The van der Waals surface area contributed by atoms with Crippen LogP contribution in [0.25, 0.3) is 0 Å². The van der Waals surface area contributed by atoms with E-state index in [1.807, 2.05) is 30.3 Å². The Labute approximate surface area is 152 Å². The minimum atomic E-state index is -2.49. The quantitative estimate of drug-likeness (QED) is 0.559. The molecule has 5 nitrogen and oxygen atoms in total. The van der Waals surface area contributed by atoms with Gasteiger partial charge in [0.25, 0.3) is 6.43 Å². The number of ether oxygens (including phenoxy) is 2. The smallest absolute Gasteiger partial charge is 0.272 e. The van der Waals surface area contributed by atoms with E-state index in [1.54, 1.807) is 32.4 Å². The number of halogens is 2. The molecule has 0 spiro atoms. The third-order valence-corrected chi connectivity index (χ3v) is 3.58. The van der Waals surface area contributed by atoms with Gasteiger partial charge in [-0.25, -0.2) is 8.78 Å². The lowest BCUT2D eigenvalue weighted by Gasteiger charge is -2.13. The molecule has 0 aliphatic carbocycles. The Bertz CT molecular complexity index is 706. The molecule has 0 saturated heterocycles. The predicted octanol–water partition coefficient (Wildman–Crippen LogP) is 3.20. The zero-order valence-electron chi connectivity index (χ0n) is 14.8. The molecule has 2 rings (SSSR count). The summed E-state index contributed by atoms with van der Waals surface area (Å²) in [6.45, 7) is 0.497. The van der Waals surface area contributed by atoms with Crippen LogP contribution >= 0.6 is 0 Å². The van der Waals surface area contributed by atoms with Gasteiger partial charge in [0.1, 0.15) is 18.1 Å². The van der Waals surface area contributed by atoms with Crippen molar-refractivity contribution < 1.29 is 18.3 Å². The Morgan fingerprint density at radius 2 is 1.69 bits per heavy atom. The van der Waals surface area contributed by atoms with Crippen LogP contribution in [0.4, 0.5) is 8.78 Å². The number of hydrogen-bond donors (Lipinski definition) is 2. The van der Waals surface area contributed by atoms with E-state index >= 15 is 0 Å². The Balaban J connectivity index is 1.83. The first-order valence-electron chi connectivity index (χ1n) is 8.18. The lowest BCUT2D eigenvalue weighted by atomic mass is 10.2. The molecule has 0 radical (unpaired) electrons. The predicted molar refractivity (Wildman–Crippen MR) is 98.0 cm³/mol. The summed E-state index contributed by atoms with van der Waals surface area (Å²) in [5, 5.41) is 6.40. The molecule has 140 valence electrons. The van der Waals surface area contributed by atoms with E-state index in [-0.39, 0.29) is 0 Å². The van der Waals surface area contributed by atoms with E-state index in [0.717, 1.165) is 16.9 Å². The first-order valence-corrected chi connectivity index (χ1v) is 8.18. The van der Waals surface area contributed by atoms with Gasteiger partial charge in [-0.2, -0.15) is 0 Å². The Morgan fingerprint density at radius 3 is 2.31 bits per heavy atom. The summed E-state index contributed by atoms with van der Waals surface area (Å²) in [5.74, 6) is 1.87. The fourth-order valence-corrected chi connectivity index (χ4v) is 2.24. The first kappa shape index (κ1) is 19.5. The van der Waals surface area contributed by atoms with Gasteiger partial charge < -0.3 is 20.1 Å². The van der Waals surface area contributed by atoms with Crippen molar-refractivity contribution in [2.75, 3.05) is 20.8 Å². The maximum atomic E-state index is 12.2. The third kappa shape index (κ3) is 6.58. The molecule has 7 heteroatoms. The van der Waals surface area contributed by atoms with Crippen LogP contribution in [0.1, 0.15) is 11.1 Å². The summed E-state index contributed by atoms with van der Waals surface area (Å²) in [5.41, 5.74) is 2.00. The highest BCUT2D eigenvalue weighted by atomic mass is 19.3. The molecule has 0 unspecified atom stereocenters. The Morgan fingerprint density at radius 1 is 1.00 bits per heavy atom. The Hall–Kier alpha value is -2.83. The van der Waals surface area contributed by atoms with Gasteiger partial charge in [-0.15, -0.1) is 0 Å². The van der Waals surface area contributed by atoms with Gasteiger partial charge in [0, 0.05) is 20.1 Å². The molecule has 0 heterocycles. The maximum absolute atomic E-state index is 12.2. The van der Waals surface area contributed by atoms with E-state index in [2.05, 4.69) is 15.6 Å². The summed E-state index contributed by atoms with van der Waals surface area (Å²) in [7, 11) is 3.32. The van der Waals surface area contributed by atoms with E-state index < -0.39 is 13.0 Å². The van der Waals surface area contributed by atoms with Crippen LogP contribution in [0.3, 0.4) is 0 Å². The fraction of sp³-hybridized carbons (Fsp3) is 0.316. The molecule has 0 bridgehead atoms. The van der Waals surface area contributed by atoms with Crippen LogP contribution < -0.4 is 20.1 Å². The topological polar surface area (TPSA) is 54.9 Å². The summed E-state index contributed by atoms with van der Waals surface area (Å²) in [4.78, 5) is 4.17. The summed E-state index contributed by atoms with van der Waals surface area (Å²) in [6.07, 6.45) is -2.49. The minimum Gasteiger partial charge on any atom is -0.497 e. The molecule has 0 aromatic heterocycles. The van der Waals surface area contributed by atoms with Crippen molar-refractivity contribution in [2.24, 2.45) is 4.99 Å². The van der Waals surface area contributed by atoms with Crippen LogP contribution in [0.2, 0.25) is 0 Å². The van der Waals surface area contributed by atoms with Crippen LogP contribution in [-0.2, 0) is 13.1 Å². The van der Waals surface area contributed by atoms with Gasteiger partial charge in [0.2, 0.25) is 0 Å². The van der Waals surface area contributed by atoms with Gasteiger partial charge in [-0.1, -0.05) is 24.3 Å². The summed E-state index contributed by atoms with van der Waals surface area (Å²) in [6, 6.07) is 14.8. The summed E-state index contributed by atoms with van der Waals surface area (Å²) >= 11 is 0. The highest BCUT2D eigenvalue weighted by molar-refractivity contribution is 5.79. The van der Waals surface area contributed by atoms with Crippen molar-refractivity contribution in [3.8, 4) is 11.5 Å². The average Bonchev–Trinajstić information content (AvgIpc) is 2.67. The van der Waals surface area contributed by atoms with Crippen molar-refractivity contribution in [3.63, 3.8) is 0 Å². The van der Waals surface area contributed by atoms with Crippen molar-refractivity contribution >= 4 is 5.96 Å². The number of methoxy groups -OCH3 is 1. The van der Waals surface area contributed by atoms with Crippen LogP contribution in [0, 0.1) is 0 Å². The minimum absolute atomic E-state index is 0.422. The number of benzene rings is 2. The number of guanidine groups is 1. The van der Waals surface area contributed by atoms with Crippen molar-refractivity contribution in [2.45, 2.75) is 19.5 Å². The molecule has 0 atom stereocenters. The lowest BCUT2D eigenvalue weighted by molar-refractivity contribution is 0.0818. The summed E-state index contributed by atoms with van der Waals surface area (Å²) < 4.78 is 34.6. The van der Waals surface area contributed by atoms with Gasteiger partial charge in [0.15, 0.2) is 5.96 Å². The number of nitrogens with one attached hydrogen (secondary N) is 2. The Kier molecular flexibility index (Phi) is 7.67. The molecule has 2 aromatic rings. The molecule has 0 amide bonds. The standard InChI is InChI=1S/C19H23F2N3O2/c1-22-19(23-11-14-6-8-16(25-2)9-7-14)24-12-15-4-3-5-17(10-15)26-13-18(20)21/h3-10,18H,11-13H2,1-2H3,(H2,22,23,24). The molecule has 2 aromatic carbocycles. The fourth-order valence-electron chi connectivity index (χ4n) is 2.24. The van der Waals surface area contributed by atoms with Gasteiger partial charge in [-0.05, 0) is 35.4 Å². The number of aliphatic imine (C=N–C) groups is 1. The third-order valence-electron chi connectivity index (χ3n) is 3.58. The van der Waals surface area contributed by atoms with Crippen LogP contribution in [0.15, 0.2) is 53.5 Å². The maximum Gasteiger partial charge on any atom is 0.272 e. The molecule has 0 aliphatic heterocycles. The monoisotopic (exact) mass is 363 g/mol. The highest BCUT2D eigenvalue weighted by Crippen LogP contribution is 2.14. The number of alkyl halides is 2. The van der Waals surface area contributed by atoms with Gasteiger partial charge >= 0.3 is 0 Å². The van der Waals surface area contributed by atoms with Crippen LogP contribution in [-0.4, -0.2) is 33.1 Å². The molecule has 0 fully saturated rings. The molecule has 0 aliphatic rings. The highest BCUT2D eigenvalue weighted by Gasteiger charge is 2.05. The SMILES string of the molecule is CN=C(NCc1ccc(OC)cc1)NCc1cccc(OCC(F)F)c1. The number of nitrogens with zero attached hydrogens (tertiary/aromatic N) is 1. The molecule has 0 saturated carbocycles. The lowest BCUT2D eigenvalue weighted by Crippen LogP contribution is -2.36. The van der Waals surface area contributed by atoms with Crippen LogP contribution in [0.5, 0.6) is 11.5 Å². The molecular formula is C19H23F2N3O2. The largest absolute Gasteiger partial charge is 0.497 e. The molecule has 26 heavy (non-hydrogen) atoms. The number of hydrogen-bond acceptors (Lipinski definition) is 3. The van der Waals surface area contributed by atoms with Gasteiger partial charge in [0.05, 0.1) is 7.11 Å². The van der Waals surface area contributed by atoms with Crippen molar-refractivity contribution in [1.29, 1.82) is 0 Å². The number of rotatable bonds is 8. The normalized spacial score (nSPS) is 11.3. The molecule has 2 N–H and O–H groups in total. The van der Waals surface area contributed by atoms with E-state index in [4.69, 9.17) is 9.47 Å². The van der Waals surface area contributed by atoms with E-state index in [0.29, 0.717) is 24.8 Å². The molecular weight excluding hydrogens is 340 g/mol. The second-order valence-electron chi connectivity index (χ2n) is 5.48. The first-order chi connectivity index (χ1) is 12.6.